The third kappa shape index (κ3) is 4.67. The topological polar surface area (TPSA) is 50.2 Å². The fourth-order valence-electron chi connectivity index (χ4n) is 3.45. The monoisotopic (exact) mass is 388 g/mol. The van der Waals surface area contributed by atoms with Gasteiger partial charge in [0.25, 0.3) is 5.91 Å². The molecule has 0 unspecified atom stereocenters. The van der Waals surface area contributed by atoms with Gasteiger partial charge in [-0.2, -0.15) is 5.10 Å². The summed E-state index contributed by atoms with van der Waals surface area (Å²) in [4.78, 5) is 14.9. The standard InChI is InChI=1S/C24H28N4O/c1-27(2)20-14-10-18(11-15-20)7-6-16-25-24(29)23-17-22(19-12-13-19)26-28(23)21-8-4-3-5-9-21/h3-5,8-11,14-15,17,19H,6-7,12-13,16H2,1-2H3,(H,25,29). The molecule has 1 aromatic heterocycles. The predicted molar refractivity (Wildman–Crippen MR) is 117 cm³/mol. The Labute approximate surface area is 172 Å². The Morgan fingerprint density at radius 3 is 2.48 bits per heavy atom. The van der Waals surface area contributed by atoms with Gasteiger partial charge < -0.3 is 10.2 Å². The summed E-state index contributed by atoms with van der Waals surface area (Å²) >= 11 is 0. The molecule has 0 radical (unpaired) electrons. The zero-order valence-electron chi connectivity index (χ0n) is 17.1. The molecular weight excluding hydrogens is 360 g/mol. The lowest BCUT2D eigenvalue weighted by molar-refractivity contribution is 0.0945. The molecule has 1 heterocycles. The van der Waals surface area contributed by atoms with Crippen molar-refractivity contribution in [2.45, 2.75) is 31.6 Å². The summed E-state index contributed by atoms with van der Waals surface area (Å²) in [6.45, 7) is 0.646. The van der Waals surface area contributed by atoms with Crippen molar-refractivity contribution in [1.29, 1.82) is 0 Å². The Kier molecular flexibility index (Phi) is 5.65. The number of anilines is 1. The molecule has 1 aliphatic carbocycles. The molecule has 29 heavy (non-hydrogen) atoms. The van der Waals surface area contributed by atoms with Crippen molar-refractivity contribution in [3.05, 3.63) is 77.6 Å². The lowest BCUT2D eigenvalue weighted by Crippen LogP contribution is -2.27. The molecule has 4 rings (SSSR count). The largest absolute Gasteiger partial charge is 0.378 e. The zero-order chi connectivity index (χ0) is 20.2. The number of para-hydroxylation sites is 1. The van der Waals surface area contributed by atoms with Crippen molar-refractivity contribution in [2.24, 2.45) is 0 Å². The highest BCUT2D eigenvalue weighted by atomic mass is 16.2. The van der Waals surface area contributed by atoms with E-state index < -0.39 is 0 Å². The molecule has 0 spiro atoms. The van der Waals surface area contributed by atoms with Gasteiger partial charge in [0.2, 0.25) is 0 Å². The molecule has 0 atom stereocenters. The highest BCUT2D eigenvalue weighted by molar-refractivity contribution is 5.93. The molecule has 1 fully saturated rings. The molecule has 2 aromatic carbocycles. The smallest absolute Gasteiger partial charge is 0.270 e. The SMILES string of the molecule is CN(C)c1ccc(CCCNC(=O)c2cc(C3CC3)nn2-c2ccccc2)cc1. The van der Waals surface area contributed by atoms with Gasteiger partial charge in [-0.25, -0.2) is 4.68 Å². The maximum Gasteiger partial charge on any atom is 0.270 e. The summed E-state index contributed by atoms with van der Waals surface area (Å²) in [6, 6.07) is 20.4. The molecule has 0 saturated heterocycles. The van der Waals surface area contributed by atoms with E-state index >= 15 is 0 Å². The van der Waals surface area contributed by atoms with Crippen LogP contribution in [0.4, 0.5) is 5.69 Å². The average Bonchev–Trinajstić information content (AvgIpc) is 3.50. The van der Waals surface area contributed by atoms with Gasteiger partial charge >= 0.3 is 0 Å². The zero-order valence-corrected chi connectivity index (χ0v) is 17.1. The van der Waals surface area contributed by atoms with Crippen molar-refractivity contribution in [3.8, 4) is 5.69 Å². The number of hydrogen-bond acceptors (Lipinski definition) is 3. The predicted octanol–water partition coefficient (Wildman–Crippen LogP) is 4.18. The highest BCUT2D eigenvalue weighted by Crippen LogP contribution is 2.39. The molecular formula is C24H28N4O. The van der Waals surface area contributed by atoms with Crippen LogP contribution < -0.4 is 10.2 Å². The molecule has 1 N–H and O–H groups in total. The van der Waals surface area contributed by atoms with E-state index in [-0.39, 0.29) is 5.91 Å². The molecule has 150 valence electrons. The van der Waals surface area contributed by atoms with Gasteiger partial charge in [0.15, 0.2) is 0 Å². The van der Waals surface area contributed by atoms with Crippen molar-refractivity contribution < 1.29 is 4.79 Å². The first-order valence-corrected chi connectivity index (χ1v) is 10.3. The number of aryl methyl sites for hydroxylation is 1. The van der Waals surface area contributed by atoms with E-state index in [9.17, 15) is 4.79 Å². The summed E-state index contributed by atoms with van der Waals surface area (Å²) in [6.07, 6.45) is 4.18. The van der Waals surface area contributed by atoms with Gasteiger partial charge in [0, 0.05) is 32.2 Å². The fourth-order valence-corrected chi connectivity index (χ4v) is 3.45. The van der Waals surface area contributed by atoms with Gasteiger partial charge in [-0.15, -0.1) is 0 Å². The van der Waals surface area contributed by atoms with E-state index in [0.29, 0.717) is 18.2 Å². The van der Waals surface area contributed by atoms with Crippen LogP contribution in [0.2, 0.25) is 0 Å². The van der Waals surface area contributed by atoms with Crippen LogP contribution in [0.5, 0.6) is 0 Å². The summed E-state index contributed by atoms with van der Waals surface area (Å²) < 4.78 is 1.78. The normalized spacial score (nSPS) is 13.3. The molecule has 0 aliphatic heterocycles. The molecule has 1 saturated carbocycles. The van der Waals surface area contributed by atoms with Crippen molar-refractivity contribution in [2.75, 3.05) is 25.5 Å². The molecule has 5 heteroatoms. The Balaban J connectivity index is 1.37. The van der Waals surface area contributed by atoms with E-state index in [1.165, 1.54) is 24.1 Å². The van der Waals surface area contributed by atoms with Crippen LogP contribution in [0.1, 0.15) is 46.9 Å². The third-order valence-electron chi connectivity index (χ3n) is 5.34. The number of hydrogen-bond donors (Lipinski definition) is 1. The maximum atomic E-state index is 12.8. The Hall–Kier alpha value is -3.08. The quantitative estimate of drug-likeness (QED) is 0.589. The fraction of sp³-hybridized carbons (Fsp3) is 0.333. The summed E-state index contributed by atoms with van der Waals surface area (Å²) in [5.74, 6) is 0.452. The van der Waals surface area contributed by atoms with Gasteiger partial charge in [0.1, 0.15) is 5.69 Å². The van der Waals surface area contributed by atoms with Crippen LogP contribution in [0, 0.1) is 0 Å². The van der Waals surface area contributed by atoms with Crippen LogP contribution >= 0.6 is 0 Å². The van der Waals surface area contributed by atoms with Crippen molar-refractivity contribution in [1.82, 2.24) is 15.1 Å². The molecule has 5 nitrogen and oxygen atoms in total. The number of benzene rings is 2. The highest BCUT2D eigenvalue weighted by Gasteiger charge is 2.28. The number of nitrogens with one attached hydrogen (secondary N) is 1. The Morgan fingerprint density at radius 2 is 1.83 bits per heavy atom. The summed E-state index contributed by atoms with van der Waals surface area (Å²) in [5, 5.41) is 7.79. The van der Waals surface area contributed by atoms with Gasteiger partial charge in [-0.3, -0.25) is 4.79 Å². The number of nitrogens with zero attached hydrogens (tertiary/aromatic N) is 3. The van der Waals surface area contributed by atoms with Crippen molar-refractivity contribution in [3.63, 3.8) is 0 Å². The minimum absolute atomic E-state index is 0.0591. The minimum atomic E-state index is -0.0591. The van der Waals surface area contributed by atoms with Gasteiger partial charge in [-0.05, 0) is 61.6 Å². The number of carbonyl (C=O) groups is 1. The Morgan fingerprint density at radius 1 is 1.10 bits per heavy atom. The first-order chi connectivity index (χ1) is 14.1. The lowest BCUT2D eigenvalue weighted by atomic mass is 10.1. The van der Waals surface area contributed by atoms with Gasteiger partial charge in [0.05, 0.1) is 11.4 Å². The summed E-state index contributed by atoms with van der Waals surface area (Å²) in [5.41, 5.74) is 5.05. The first kappa shape index (κ1) is 19.2. The van der Waals surface area contributed by atoms with E-state index in [1.54, 1.807) is 4.68 Å². The van der Waals surface area contributed by atoms with Gasteiger partial charge in [-0.1, -0.05) is 30.3 Å². The van der Waals surface area contributed by atoms with Crippen LogP contribution in [-0.4, -0.2) is 36.3 Å². The number of rotatable bonds is 8. The van der Waals surface area contributed by atoms with E-state index in [1.807, 2.05) is 50.5 Å². The first-order valence-electron chi connectivity index (χ1n) is 10.3. The van der Waals surface area contributed by atoms with Crippen LogP contribution in [-0.2, 0) is 6.42 Å². The minimum Gasteiger partial charge on any atom is -0.378 e. The van der Waals surface area contributed by atoms with Crippen LogP contribution in [0.3, 0.4) is 0 Å². The third-order valence-corrected chi connectivity index (χ3v) is 5.34. The van der Waals surface area contributed by atoms with E-state index in [4.69, 9.17) is 5.10 Å². The summed E-state index contributed by atoms with van der Waals surface area (Å²) in [7, 11) is 4.08. The lowest BCUT2D eigenvalue weighted by Gasteiger charge is -2.12. The van der Waals surface area contributed by atoms with Crippen LogP contribution in [0.25, 0.3) is 5.69 Å². The second-order valence-electron chi connectivity index (χ2n) is 7.90. The van der Waals surface area contributed by atoms with E-state index in [0.717, 1.165) is 24.2 Å². The molecule has 0 bridgehead atoms. The number of amides is 1. The molecule has 1 aliphatic rings. The second kappa shape index (κ2) is 8.52. The van der Waals surface area contributed by atoms with Crippen molar-refractivity contribution >= 4 is 11.6 Å². The number of aromatic nitrogens is 2. The number of carbonyl (C=O) groups excluding carboxylic acids is 1. The molecule has 3 aromatic rings. The maximum absolute atomic E-state index is 12.8. The Bertz CT molecular complexity index is 956. The van der Waals surface area contributed by atoms with E-state index in [2.05, 4.69) is 34.5 Å². The average molecular weight is 389 g/mol. The molecule has 1 amide bonds. The second-order valence-corrected chi connectivity index (χ2v) is 7.90. The van der Waals surface area contributed by atoms with Crippen LogP contribution in [0.15, 0.2) is 60.7 Å².